The zero-order valence-electron chi connectivity index (χ0n) is 9.52. The first-order chi connectivity index (χ1) is 7.72. The third-order valence-electron chi connectivity index (χ3n) is 3.05. The second-order valence-corrected chi connectivity index (χ2v) is 4.14. The van der Waals surface area contributed by atoms with Crippen LogP contribution >= 0.6 is 0 Å². The summed E-state index contributed by atoms with van der Waals surface area (Å²) in [6, 6.07) is 5.96. The molecule has 0 aromatic heterocycles. The fraction of sp³-hybridized carbons (Fsp3) is 0.417. The Morgan fingerprint density at radius 1 is 1.25 bits per heavy atom. The van der Waals surface area contributed by atoms with Gasteiger partial charge in [0.05, 0.1) is 11.4 Å². The molecule has 0 bridgehead atoms. The minimum Gasteiger partial charge on any atom is -0.397 e. The highest BCUT2D eigenvalue weighted by Crippen LogP contribution is 2.27. The number of para-hydroxylation sites is 1. The van der Waals surface area contributed by atoms with Crippen molar-refractivity contribution in [3.05, 3.63) is 23.8 Å². The number of amides is 1. The van der Waals surface area contributed by atoms with Crippen LogP contribution in [0.15, 0.2) is 18.2 Å². The number of hydrogen-bond acceptors (Lipinski definition) is 3. The number of carbonyl (C=O) groups is 1. The first-order valence-corrected chi connectivity index (χ1v) is 5.52. The Bertz CT molecular complexity index is 364. The Kier molecular flexibility index (Phi) is 2.99. The Labute approximate surface area is 95.6 Å². The van der Waals surface area contributed by atoms with Crippen LogP contribution in [0, 0.1) is 6.92 Å². The van der Waals surface area contributed by atoms with Crippen LogP contribution in [0.25, 0.3) is 0 Å². The minimum absolute atomic E-state index is 0.775. The minimum atomic E-state index is 0.775. The first-order valence-electron chi connectivity index (χ1n) is 5.52. The number of rotatable bonds is 2. The summed E-state index contributed by atoms with van der Waals surface area (Å²) < 4.78 is 0. The number of nitrogens with two attached hydrogens (primary N) is 1. The van der Waals surface area contributed by atoms with Crippen LogP contribution < -0.4 is 10.6 Å². The van der Waals surface area contributed by atoms with Gasteiger partial charge in [-0.15, -0.1) is 0 Å². The maximum atomic E-state index is 10.6. The molecule has 1 fully saturated rings. The molecule has 0 saturated carbocycles. The number of carbonyl (C=O) groups excluding carboxylic acids is 1. The van der Waals surface area contributed by atoms with Crippen molar-refractivity contribution in [2.75, 3.05) is 36.8 Å². The predicted octanol–water partition coefficient (Wildman–Crippen LogP) is 0.856. The van der Waals surface area contributed by atoms with E-state index in [1.165, 1.54) is 5.56 Å². The van der Waals surface area contributed by atoms with Crippen LogP contribution in [0.5, 0.6) is 0 Å². The van der Waals surface area contributed by atoms with Gasteiger partial charge in [0.2, 0.25) is 6.41 Å². The van der Waals surface area contributed by atoms with Gasteiger partial charge in [-0.05, 0) is 18.6 Å². The Hall–Kier alpha value is -1.71. The van der Waals surface area contributed by atoms with Crippen LogP contribution in [0.2, 0.25) is 0 Å². The molecule has 0 unspecified atom stereocenters. The Morgan fingerprint density at radius 3 is 2.50 bits per heavy atom. The highest BCUT2D eigenvalue weighted by molar-refractivity contribution is 5.71. The van der Waals surface area contributed by atoms with Crippen LogP contribution in [0.1, 0.15) is 5.56 Å². The fourth-order valence-electron chi connectivity index (χ4n) is 2.16. The van der Waals surface area contributed by atoms with E-state index in [0.29, 0.717) is 0 Å². The van der Waals surface area contributed by atoms with E-state index in [2.05, 4.69) is 17.9 Å². The smallest absolute Gasteiger partial charge is 0.209 e. The molecule has 1 aromatic carbocycles. The van der Waals surface area contributed by atoms with E-state index in [1.807, 2.05) is 12.1 Å². The van der Waals surface area contributed by atoms with Gasteiger partial charge in [-0.25, -0.2) is 0 Å². The highest BCUT2D eigenvalue weighted by atomic mass is 16.1. The maximum Gasteiger partial charge on any atom is 0.209 e. The topological polar surface area (TPSA) is 49.6 Å². The summed E-state index contributed by atoms with van der Waals surface area (Å²) in [5, 5.41) is 0. The fourth-order valence-corrected chi connectivity index (χ4v) is 2.16. The van der Waals surface area contributed by atoms with Crippen molar-refractivity contribution >= 4 is 17.8 Å². The van der Waals surface area contributed by atoms with E-state index in [1.54, 1.807) is 4.90 Å². The molecule has 0 atom stereocenters. The highest BCUT2D eigenvalue weighted by Gasteiger charge is 2.18. The summed E-state index contributed by atoms with van der Waals surface area (Å²) in [6.45, 7) is 5.33. The van der Waals surface area contributed by atoms with E-state index >= 15 is 0 Å². The van der Waals surface area contributed by atoms with Crippen molar-refractivity contribution in [3.63, 3.8) is 0 Å². The molecule has 0 spiro atoms. The van der Waals surface area contributed by atoms with Gasteiger partial charge < -0.3 is 15.5 Å². The normalized spacial score (nSPS) is 16.3. The molecule has 1 aliphatic heterocycles. The molecule has 86 valence electrons. The number of benzene rings is 1. The summed E-state index contributed by atoms with van der Waals surface area (Å²) in [7, 11) is 0. The number of nitrogens with zero attached hydrogens (tertiary/aromatic N) is 2. The lowest BCUT2D eigenvalue weighted by atomic mass is 10.1. The van der Waals surface area contributed by atoms with Crippen LogP contribution in [0.4, 0.5) is 11.4 Å². The average molecular weight is 219 g/mol. The first kappa shape index (κ1) is 10.8. The van der Waals surface area contributed by atoms with Gasteiger partial charge in [0.15, 0.2) is 0 Å². The lowest BCUT2D eigenvalue weighted by molar-refractivity contribution is -0.118. The van der Waals surface area contributed by atoms with Gasteiger partial charge in [0, 0.05) is 26.2 Å². The van der Waals surface area contributed by atoms with Crippen LogP contribution in [0.3, 0.4) is 0 Å². The molecular weight excluding hydrogens is 202 g/mol. The molecular formula is C12H17N3O. The van der Waals surface area contributed by atoms with E-state index in [-0.39, 0.29) is 0 Å². The summed E-state index contributed by atoms with van der Waals surface area (Å²) >= 11 is 0. The molecule has 16 heavy (non-hydrogen) atoms. The second-order valence-electron chi connectivity index (χ2n) is 4.14. The van der Waals surface area contributed by atoms with Gasteiger partial charge in [-0.1, -0.05) is 12.1 Å². The molecule has 4 heteroatoms. The maximum absolute atomic E-state index is 10.6. The van der Waals surface area contributed by atoms with Gasteiger partial charge in [-0.3, -0.25) is 4.79 Å². The monoisotopic (exact) mass is 219 g/mol. The standard InChI is InChI=1S/C12H17N3O/c1-10-3-2-4-11(13)12(10)15-7-5-14(9-16)6-8-15/h2-4,9H,5-8,13H2,1H3. The zero-order chi connectivity index (χ0) is 11.5. The number of hydrogen-bond donors (Lipinski definition) is 1. The lowest BCUT2D eigenvalue weighted by Crippen LogP contribution is -2.46. The molecule has 4 nitrogen and oxygen atoms in total. The van der Waals surface area contributed by atoms with Gasteiger partial charge in [0.25, 0.3) is 0 Å². The number of nitrogen functional groups attached to an aromatic ring is 1. The van der Waals surface area contributed by atoms with Gasteiger partial charge >= 0.3 is 0 Å². The van der Waals surface area contributed by atoms with E-state index in [9.17, 15) is 4.79 Å². The number of piperazine rings is 1. The van der Waals surface area contributed by atoms with Gasteiger partial charge in [0.1, 0.15) is 0 Å². The van der Waals surface area contributed by atoms with Crippen molar-refractivity contribution in [2.45, 2.75) is 6.92 Å². The van der Waals surface area contributed by atoms with Crippen molar-refractivity contribution in [2.24, 2.45) is 0 Å². The largest absolute Gasteiger partial charge is 0.397 e. The third kappa shape index (κ3) is 1.96. The van der Waals surface area contributed by atoms with Gasteiger partial charge in [-0.2, -0.15) is 0 Å². The average Bonchev–Trinajstić information content (AvgIpc) is 2.30. The van der Waals surface area contributed by atoms with Crippen molar-refractivity contribution in [3.8, 4) is 0 Å². The number of anilines is 2. The van der Waals surface area contributed by atoms with E-state index in [0.717, 1.165) is 44.0 Å². The molecule has 0 aliphatic carbocycles. The third-order valence-corrected chi connectivity index (χ3v) is 3.05. The summed E-state index contributed by atoms with van der Waals surface area (Å²) in [6.07, 6.45) is 0.915. The molecule has 2 N–H and O–H groups in total. The van der Waals surface area contributed by atoms with Crippen molar-refractivity contribution in [1.82, 2.24) is 4.90 Å². The molecule has 1 aromatic rings. The summed E-state index contributed by atoms with van der Waals surface area (Å²) in [4.78, 5) is 14.7. The molecule has 1 aliphatic rings. The quantitative estimate of drug-likeness (QED) is 0.593. The van der Waals surface area contributed by atoms with Crippen LogP contribution in [-0.2, 0) is 4.79 Å². The molecule has 2 rings (SSSR count). The molecule has 0 radical (unpaired) electrons. The van der Waals surface area contributed by atoms with E-state index in [4.69, 9.17) is 5.73 Å². The number of aryl methyl sites for hydroxylation is 1. The Balaban J connectivity index is 2.17. The van der Waals surface area contributed by atoms with Crippen molar-refractivity contribution < 1.29 is 4.79 Å². The summed E-state index contributed by atoms with van der Waals surface area (Å²) in [5.74, 6) is 0. The van der Waals surface area contributed by atoms with Crippen LogP contribution in [-0.4, -0.2) is 37.5 Å². The van der Waals surface area contributed by atoms with Crippen molar-refractivity contribution in [1.29, 1.82) is 0 Å². The molecule has 1 saturated heterocycles. The SMILES string of the molecule is Cc1cccc(N)c1N1CCN(C=O)CC1. The predicted molar refractivity (Wildman–Crippen MR) is 65.4 cm³/mol. The lowest BCUT2D eigenvalue weighted by Gasteiger charge is -2.35. The zero-order valence-corrected chi connectivity index (χ0v) is 9.52. The molecule has 1 amide bonds. The summed E-state index contributed by atoms with van der Waals surface area (Å²) in [5.41, 5.74) is 9.13. The second kappa shape index (κ2) is 4.43. The van der Waals surface area contributed by atoms with E-state index < -0.39 is 0 Å². The molecule has 1 heterocycles. The Morgan fingerprint density at radius 2 is 1.94 bits per heavy atom.